The Labute approximate surface area is 186 Å². The maximum Gasteiger partial charge on any atom is 0.337 e. The monoisotopic (exact) mass is 432 g/mol. The maximum atomic E-state index is 11.9. The number of hydrogen-bond acceptors (Lipinski definition) is 7. The van der Waals surface area contributed by atoms with E-state index < -0.39 is 6.23 Å². The summed E-state index contributed by atoms with van der Waals surface area (Å²) in [6, 6.07) is 17.0. The predicted molar refractivity (Wildman–Crippen MR) is 118 cm³/mol. The van der Waals surface area contributed by atoms with E-state index in [2.05, 4.69) is 11.5 Å². The normalized spacial score (nSPS) is 19.3. The van der Waals surface area contributed by atoms with Crippen molar-refractivity contribution < 1.29 is 23.4 Å². The average molecular weight is 432 g/mol. The molecule has 0 amide bonds. The van der Waals surface area contributed by atoms with Crippen LogP contribution in [0.3, 0.4) is 0 Å². The van der Waals surface area contributed by atoms with Crippen molar-refractivity contribution in [1.82, 2.24) is 10.4 Å². The lowest BCUT2D eigenvalue weighted by Crippen LogP contribution is -2.43. The number of furan rings is 1. The highest BCUT2D eigenvalue weighted by atomic mass is 16.5. The molecule has 0 radical (unpaired) electrons. The molecule has 2 aliphatic rings. The number of esters is 1. The third-order valence-electron chi connectivity index (χ3n) is 5.61. The molecule has 0 spiro atoms. The molecule has 32 heavy (non-hydrogen) atoms. The predicted octanol–water partition coefficient (Wildman–Crippen LogP) is 4.77. The van der Waals surface area contributed by atoms with Crippen LogP contribution in [0.1, 0.15) is 52.2 Å². The van der Waals surface area contributed by atoms with E-state index in [1.54, 1.807) is 12.1 Å². The summed E-state index contributed by atoms with van der Waals surface area (Å²) in [5.74, 6) is 2.65. The third kappa shape index (κ3) is 3.40. The molecule has 5 rings (SSSR count). The summed E-state index contributed by atoms with van der Waals surface area (Å²) in [6.45, 7) is 4.41. The van der Waals surface area contributed by atoms with Gasteiger partial charge in [0.25, 0.3) is 0 Å². The summed E-state index contributed by atoms with van der Waals surface area (Å²) in [4.78, 5) is 11.9. The highest BCUT2D eigenvalue weighted by molar-refractivity contribution is 5.89. The summed E-state index contributed by atoms with van der Waals surface area (Å²) in [5, 5.41) is 2.04. The van der Waals surface area contributed by atoms with Crippen LogP contribution in [0.5, 0.6) is 11.5 Å². The van der Waals surface area contributed by atoms with E-state index in [1.165, 1.54) is 7.11 Å². The number of benzene rings is 2. The average Bonchev–Trinajstić information content (AvgIpc) is 3.45. The first-order valence-corrected chi connectivity index (χ1v) is 10.5. The molecule has 2 aliphatic heterocycles. The SMILES string of the molecule is CCOc1cccc2c1OC(c1ccc(C(=O)OC)cc1)N1NC(c3ccc(C)o3)=CC21. The summed E-state index contributed by atoms with van der Waals surface area (Å²) < 4.78 is 23.0. The van der Waals surface area contributed by atoms with Crippen molar-refractivity contribution >= 4 is 11.7 Å². The lowest BCUT2D eigenvalue weighted by molar-refractivity contribution is -0.0347. The summed E-state index contributed by atoms with van der Waals surface area (Å²) >= 11 is 0. The van der Waals surface area contributed by atoms with Crippen LogP contribution in [0.2, 0.25) is 0 Å². The minimum absolute atomic E-state index is 0.0927. The van der Waals surface area contributed by atoms with Crippen molar-refractivity contribution in [3.63, 3.8) is 0 Å². The standard InChI is InChI=1S/C25H24N2O5/c1-4-30-22-7-5-6-18-20-14-19(21-13-8-15(2)31-21)26-27(20)24(32-23(18)22)16-9-11-17(12-10-16)25(28)29-3/h5-14,20,24,26H,4H2,1-3H3. The zero-order chi connectivity index (χ0) is 22.2. The molecule has 1 N–H and O–H groups in total. The summed E-state index contributed by atoms with van der Waals surface area (Å²) in [5.41, 5.74) is 6.70. The van der Waals surface area contributed by atoms with Gasteiger partial charge in [0.2, 0.25) is 0 Å². The van der Waals surface area contributed by atoms with Crippen molar-refractivity contribution in [2.24, 2.45) is 0 Å². The van der Waals surface area contributed by atoms with Crippen LogP contribution < -0.4 is 14.9 Å². The number of carbonyl (C=O) groups excluding carboxylic acids is 1. The van der Waals surface area contributed by atoms with E-state index in [9.17, 15) is 4.79 Å². The Balaban J connectivity index is 1.57. The Bertz CT molecular complexity index is 1180. The first-order chi connectivity index (χ1) is 15.6. The van der Waals surface area contributed by atoms with Crippen LogP contribution in [0, 0.1) is 6.92 Å². The molecule has 0 aliphatic carbocycles. The van der Waals surface area contributed by atoms with E-state index in [0.717, 1.165) is 28.3 Å². The van der Waals surface area contributed by atoms with E-state index in [0.29, 0.717) is 23.7 Å². The second kappa shape index (κ2) is 8.09. The second-order valence-corrected chi connectivity index (χ2v) is 7.65. The van der Waals surface area contributed by atoms with E-state index in [1.807, 2.05) is 61.3 Å². The molecule has 2 unspecified atom stereocenters. The van der Waals surface area contributed by atoms with Crippen molar-refractivity contribution in [2.75, 3.05) is 13.7 Å². The molecule has 7 heteroatoms. The second-order valence-electron chi connectivity index (χ2n) is 7.65. The van der Waals surface area contributed by atoms with Crippen molar-refractivity contribution in [3.8, 4) is 11.5 Å². The number of nitrogens with one attached hydrogen (secondary N) is 1. The number of rotatable bonds is 5. The topological polar surface area (TPSA) is 73.2 Å². The molecule has 0 saturated heterocycles. The molecule has 0 saturated carbocycles. The molecule has 2 atom stereocenters. The van der Waals surface area contributed by atoms with Gasteiger partial charge in [0, 0.05) is 11.1 Å². The number of fused-ring (bicyclic) bond motifs is 3. The van der Waals surface area contributed by atoms with Crippen LogP contribution in [0.15, 0.2) is 65.1 Å². The largest absolute Gasteiger partial charge is 0.490 e. The Hall–Kier alpha value is -3.71. The summed E-state index contributed by atoms with van der Waals surface area (Å²) in [6.07, 6.45) is 1.68. The number of nitrogens with zero attached hydrogens (tertiary/aromatic N) is 1. The summed E-state index contributed by atoms with van der Waals surface area (Å²) in [7, 11) is 1.37. The van der Waals surface area contributed by atoms with Crippen LogP contribution in [-0.4, -0.2) is 24.7 Å². The first-order valence-electron chi connectivity index (χ1n) is 10.5. The van der Waals surface area contributed by atoms with Crippen molar-refractivity contribution in [1.29, 1.82) is 0 Å². The molecule has 3 heterocycles. The highest BCUT2D eigenvalue weighted by Crippen LogP contribution is 2.49. The lowest BCUT2D eigenvalue weighted by atomic mass is 10.0. The van der Waals surface area contributed by atoms with Crippen molar-refractivity contribution in [2.45, 2.75) is 26.1 Å². The number of para-hydroxylation sites is 1. The molecular weight excluding hydrogens is 408 g/mol. The Kier molecular flexibility index (Phi) is 5.11. The van der Waals surface area contributed by atoms with Gasteiger partial charge >= 0.3 is 5.97 Å². The van der Waals surface area contributed by atoms with Gasteiger partial charge in [-0.05, 0) is 50.3 Å². The minimum atomic E-state index is -0.453. The fourth-order valence-corrected chi connectivity index (χ4v) is 4.10. The van der Waals surface area contributed by atoms with Gasteiger partial charge in [0.05, 0.1) is 31.0 Å². The molecule has 3 aromatic rings. The number of hydrazine groups is 1. The van der Waals surface area contributed by atoms with Crippen LogP contribution in [0.4, 0.5) is 0 Å². The maximum absolute atomic E-state index is 11.9. The lowest BCUT2D eigenvalue weighted by Gasteiger charge is -2.39. The Morgan fingerprint density at radius 3 is 2.62 bits per heavy atom. The van der Waals surface area contributed by atoms with Crippen molar-refractivity contribution in [3.05, 3.63) is 88.9 Å². The zero-order valence-electron chi connectivity index (χ0n) is 18.1. The number of ether oxygens (including phenoxy) is 3. The van der Waals surface area contributed by atoms with E-state index in [-0.39, 0.29) is 12.0 Å². The zero-order valence-corrected chi connectivity index (χ0v) is 18.1. The number of hydrogen-bond donors (Lipinski definition) is 1. The molecule has 0 bridgehead atoms. The smallest absolute Gasteiger partial charge is 0.337 e. The Morgan fingerprint density at radius 1 is 1.12 bits per heavy atom. The van der Waals surface area contributed by atoms with Gasteiger partial charge < -0.3 is 24.1 Å². The Morgan fingerprint density at radius 2 is 1.94 bits per heavy atom. The van der Waals surface area contributed by atoms with Gasteiger partial charge in [-0.3, -0.25) is 0 Å². The van der Waals surface area contributed by atoms with Crippen LogP contribution in [0.25, 0.3) is 5.70 Å². The van der Waals surface area contributed by atoms with Gasteiger partial charge in [-0.25, -0.2) is 4.79 Å². The van der Waals surface area contributed by atoms with E-state index >= 15 is 0 Å². The third-order valence-corrected chi connectivity index (χ3v) is 5.61. The molecule has 164 valence electrons. The molecule has 7 nitrogen and oxygen atoms in total. The van der Waals surface area contributed by atoms with Gasteiger partial charge in [0.1, 0.15) is 5.76 Å². The van der Waals surface area contributed by atoms with Gasteiger partial charge in [-0.15, -0.1) is 0 Å². The van der Waals surface area contributed by atoms with Gasteiger partial charge in [0.15, 0.2) is 23.5 Å². The fraction of sp³-hybridized carbons (Fsp3) is 0.240. The van der Waals surface area contributed by atoms with E-state index in [4.69, 9.17) is 18.6 Å². The van der Waals surface area contributed by atoms with Gasteiger partial charge in [-0.2, -0.15) is 5.01 Å². The number of methoxy groups -OCH3 is 1. The number of carbonyl (C=O) groups is 1. The molecule has 1 aromatic heterocycles. The molecule has 2 aromatic carbocycles. The number of aryl methyl sites for hydroxylation is 1. The molecular formula is C25H24N2O5. The van der Waals surface area contributed by atoms with Crippen LogP contribution >= 0.6 is 0 Å². The molecule has 0 fully saturated rings. The van der Waals surface area contributed by atoms with Gasteiger partial charge in [-0.1, -0.05) is 24.3 Å². The quantitative estimate of drug-likeness (QED) is 0.583. The first kappa shape index (κ1) is 20.2. The highest BCUT2D eigenvalue weighted by Gasteiger charge is 2.41. The fourth-order valence-electron chi connectivity index (χ4n) is 4.10. The van der Waals surface area contributed by atoms with Crippen LogP contribution in [-0.2, 0) is 4.74 Å². The minimum Gasteiger partial charge on any atom is -0.490 e.